The van der Waals surface area contributed by atoms with Crippen LogP contribution in [0.2, 0.25) is 0 Å². The number of ether oxygens (including phenoxy) is 3. The zero-order chi connectivity index (χ0) is 22.3. The molecule has 0 saturated heterocycles. The van der Waals surface area contributed by atoms with Crippen molar-refractivity contribution in [1.29, 1.82) is 0 Å². The molecule has 0 radical (unpaired) electrons. The van der Waals surface area contributed by atoms with E-state index in [1.807, 2.05) is 13.8 Å². The molecule has 1 aliphatic heterocycles. The minimum Gasteiger partial charge on any atom is -0.460 e. The summed E-state index contributed by atoms with van der Waals surface area (Å²) in [6, 6.07) is 0. The molecule has 0 bridgehead atoms. The summed E-state index contributed by atoms with van der Waals surface area (Å²) in [5, 5.41) is 10.8. The molecule has 1 aromatic rings. The van der Waals surface area contributed by atoms with E-state index in [2.05, 4.69) is 0 Å². The minimum atomic E-state index is -0.959. The van der Waals surface area contributed by atoms with Gasteiger partial charge in [0, 0.05) is 30.6 Å². The first-order valence-electron chi connectivity index (χ1n) is 10.6. The van der Waals surface area contributed by atoms with E-state index >= 15 is 0 Å². The Morgan fingerprint density at radius 1 is 1.29 bits per heavy atom. The van der Waals surface area contributed by atoms with Crippen molar-refractivity contribution in [2.45, 2.75) is 63.8 Å². The third-order valence-electron chi connectivity index (χ3n) is 7.93. The number of Topliss-reactive ketones (excluding diaryl/α,β-unsaturated/α-hetero) is 1. The van der Waals surface area contributed by atoms with Gasteiger partial charge in [-0.1, -0.05) is 6.92 Å². The predicted molar refractivity (Wildman–Crippen MR) is 106 cm³/mol. The van der Waals surface area contributed by atoms with Crippen LogP contribution in [0.5, 0.6) is 0 Å². The largest absolute Gasteiger partial charge is 0.460 e. The number of hydrogen-bond acceptors (Lipinski definition) is 8. The van der Waals surface area contributed by atoms with Crippen LogP contribution in [0.1, 0.15) is 66.5 Å². The maximum atomic E-state index is 13.7. The van der Waals surface area contributed by atoms with Crippen LogP contribution in [0.4, 0.5) is 0 Å². The molecule has 31 heavy (non-hydrogen) atoms. The van der Waals surface area contributed by atoms with E-state index in [-0.39, 0.29) is 29.6 Å². The second kappa shape index (κ2) is 6.53. The molecular weight excluding hydrogens is 404 g/mol. The van der Waals surface area contributed by atoms with Crippen molar-refractivity contribution in [3.8, 4) is 0 Å². The van der Waals surface area contributed by atoms with Gasteiger partial charge in [-0.05, 0) is 37.7 Å². The van der Waals surface area contributed by atoms with Gasteiger partial charge in [-0.2, -0.15) is 0 Å². The number of furan rings is 1. The van der Waals surface area contributed by atoms with Crippen LogP contribution >= 0.6 is 0 Å². The predicted octanol–water partition coefficient (Wildman–Crippen LogP) is 2.33. The number of allylic oxidation sites excluding steroid dienone is 1. The fourth-order valence-corrected chi connectivity index (χ4v) is 6.47. The van der Waals surface area contributed by atoms with Crippen LogP contribution in [0.15, 0.2) is 21.8 Å². The molecule has 5 rings (SSSR count). The summed E-state index contributed by atoms with van der Waals surface area (Å²) in [6.45, 7) is 5.28. The summed E-state index contributed by atoms with van der Waals surface area (Å²) in [4.78, 5) is 38.4. The molecule has 0 aromatic carbocycles. The van der Waals surface area contributed by atoms with Gasteiger partial charge < -0.3 is 23.7 Å². The molecular formula is C23H26O8. The third kappa shape index (κ3) is 2.46. The van der Waals surface area contributed by atoms with Gasteiger partial charge in [0.2, 0.25) is 5.78 Å². The van der Waals surface area contributed by atoms with Gasteiger partial charge in [0.25, 0.3) is 0 Å². The normalized spacial score (nSPS) is 38.4. The number of hydrogen-bond donors (Lipinski definition) is 1. The topological polar surface area (TPSA) is 112 Å². The van der Waals surface area contributed by atoms with Crippen molar-refractivity contribution >= 4 is 17.7 Å². The van der Waals surface area contributed by atoms with Crippen LogP contribution in [-0.4, -0.2) is 54.9 Å². The fraction of sp³-hybridized carbons (Fsp3) is 0.609. The first-order chi connectivity index (χ1) is 14.6. The molecule has 0 spiro atoms. The number of aliphatic hydroxyl groups is 1. The summed E-state index contributed by atoms with van der Waals surface area (Å²) in [5.74, 6) is -1.43. The van der Waals surface area contributed by atoms with E-state index in [1.165, 1.54) is 20.3 Å². The molecule has 6 atom stereocenters. The first kappa shape index (κ1) is 20.5. The molecule has 1 aromatic heterocycles. The average molecular weight is 430 g/mol. The zero-order valence-electron chi connectivity index (χ0n) is 18.0. The van der Waals surface area contributed by atoms with E-state index in [0.717, 1.165) is 0 Å². The summed E-state index contributed by atoms with van der Waals surface area (Å²) in [6.07, 6.45) is 0.787. The lowest BCUT2D eigenvalue weighted by Crippen LogP contribution is -2.57. The summed E-state index contributed by atoms with van der Waals surface area (Å²) in [5.41, 5.74) is 0.292. The lowest BCUT2D eigenvalue weighted by atomic mass is 9.54. The highest BCUT2D eigenvalue weighted by Crippen LogP contribution is 2.62. The van der Waals surface area contributed by atoms with Crippen molar-refractivity contribution in [3.63, 3.8) is 0 Å². The maximum absolute atomic E-state index is 13.7. The highest BCUT2D eigenvalue weighted by molar-refractivity contribution is 6.13. The minimum absolute atomic E-state index is 0.106. The van der Waals surface area contributed by atoms with Crippen molar-refractivity contribution in [1.82, 2.24) is 0 Å². The number of cyclic esters (lactones) is 1. The Morgan fingerprint density at radius 3 is 2.71 bits per heavy atom. The van der Waals surface area contributed by atoms with Crippen LogP contribution in [0, 0.1) is 11.3 Å². The van der Waals surface area contributed by atoms with Crippen LogP contribution < -0.4 is 0 Å². The van der Waals surface area contributed by atoms with Gasteiger partial charge in [-0.3, -0.25) is 9.59 Å². The molecule has 8 nitrogen and oxygen atoms in total. The lowest BCUT2D eigenvalue weighted by Gasteiger charge is -2.52. The smallest absolute Gasteiger partial charge is 0.342 e. The zero-order valence-corrected chi connectivity index (χ0v) is 18.0. The number of rotatable bonds is 3. The van der Waals surface area contributed by atoms with Gasteiger partial charge in [0.05, 0.1) is 18.1 Å². The van der Waals surface area contributed by atoms with Crippen LogP contribution in [0.3, 0.4) is 0 Å². The van der Waals surface area contributed by atoms with Crippen molar-refractivity contribution in [3.05, 3.63) is 34.3 Å². The van der Waals surface area contributed by atoms with Gasteiger partial charge in [0.1, 0.15) is 24.0 Å². The second-order valence-corrected chi connectivity index (χ2v) is 9.52. The maximum Gasteiger partial charge on any atom is 0.342 e. The summed E-state index contributed by atoms with van der Waals surface area (Å²) < 4.78 is 22.5. The molecule has 1 unspecified atom stereocenters. The Hall–Kier alpha value is -2.45. The Morgan fingerprint density at radius 2 is 2.03 bits per heavy atom. The van der Waals surface area contributed by atoms with Crippen molar-refractivity contribution < 1.29 is 38.1 Å². The summed E-state index contributed by atoms with van der Waals surface area (Å²) >= 11 is 0. The highest BCUT2D eigenvalue weighted by atomic mass is 16.6. The van der Waals surface area contributed by atoms with E-state index in [0.29, 0.717) is 36.0 Å². The molecule has 1 N–H and O–H groups in total. The number of methoxy groups -OCH3 is 1. The Kier molecular flexibility index (Phi) is 4.31. The number of carbonyl (C=O) groups is 3. The second-order valence-electron chi connectivity index (χ2n) is 9.52. The molecule has 1 saturated carbocycles. The number of ketones is 1. The third-order valence-corrected chi connectivity index (χ3v) is 7.93. The number of carbonyl (C=O) groups excluding carboxylic acids is 3. The Bertz CT molecular complexity index is 1030. The van der Waals surface area contributed by atoms with E-state index < -0.39 is 41.1 Å². The Labute approximate surface area is 179 Å². The molecule has 8 heteroatoms. The monoisotopic (exact) mass is 430 g/mol. The van der Waals surface area contributed by atoms with Crippen LogP contribution in [-0.2, 0) is 24.4 Å². The molecule has 3 aliphatic carbocycles. The molecule has 1 fully saturated rings. The Balaban J connectivity index is 1.81. The number of aliphatic hydroxyl groups excluding tert-OH is 1. The molecule has 166 valence electrons. The average Bonchev–Trinajstić information content (AvgIpc) is 3.27. The van der Waals surface area contributed by atoms with Gasteiger partial charge in [-0.15, -0.1) is 0 Å². The molecule has 2 heterocycles. The fourth-order valence-electron chi connectivity index (χ4n) is 6.47. The van der Waals surface area contributed by atoms with Crippen LogP contribution in [0.25, 0.3) is 0 Å². The number of esters is 2. The summed E-state index contributed by atoms with van der Waals surface area (Å²) in [7, 11) is 1.51. The lowest BCUT2D eigenvalue weighted by molar-refractivity contribution is -0.149. The quantitative estimate of drug-likeness (QED) is 0.727. The van der Waals surface area contributed by atoms with E-state index in [1.54, 1.807) is 0 Å². The van der Waals surface area contributed by atoms with Crippen molar-refractivity contribution in [2.24, 2.45) is 11.3 Å². The molecule has 0 amide bonds. The van der Waals surface area contributed by atoms with Gasteiger partial charge >= 0.3 is 11.9 Å². The van der Waals surface area contributed by atoms with Gasteiger partial charge in [0.15, 0.2) is 5.76 Å². The van der Waals surface area contributed by atoms with E-state index in [4.69, 9.17) is 18.6 Å². The van der Waals surface area contributed by atoms with Crippen molar-refractivity contribution in [2.75, 3.05) is 13.7 Å². The van der Waals surface area contributed by atoms with Gasteiger partial charge in [-0.25, -0.2) is 4.79 Å². The first-order valence-corrected chi connectivity index (χ1v) is 10.6. The SMILES string of the molecule is COC[C@H]1OC(=O)c2coc3c2[C@@]1(C)C1=C(C3=O)C2CC[C@H](O)[C@@]2(C)C[C@H]1OC(C)=O. The number of fused-ring (bicyclic) bond motifs is 3. The van der Waals surface area contributed by atoms with E-state index in [9.17, 15) is 19.5 Å². The molecule has 4 aliphatic rings. The standard InChI is InChI=1S/C23H26O8/c1-10(24)30-13-7-22(2)12(5-6-14(22)25)16-18(13)23(3)15(9-28-4)31-21(27)11-8-29-20(17(11)23)19(16)26/h8,12-15,25H,5-7,9H2,1-4H3/t12?,13-,14+,15-,22+,23+/m1/s1. The highest BCUT2D eigenvalue weighted by Gasteiger charge is 2.64.